The van der Waals surface area contributed by atoms with E-state index in [2.05, 4.69) is 15.5 Å². The van der Waals surface area contributed by atoms with Gasteiger partial charge in [-0.3, -0.25) is 14.9 Å². The molecule has 0 aliphatic carbocycles. The predicted octanol–water partition coefficient (Wildman–Crippen LogP) is 2.07. The second-order valence-electron chi connectivity index (χ2n) is 5.66. The Balaban J connectivity index is 2.33. The van der Waals surface area contributed by atoms with Crippen molar-refractivity contribution in [2.75, 3.05) is 11.9 Å². The van der Waals surface area contributed by atoms with Gasteiger partial charge >= 0.3 is 5.97 Å². The standard InChI is InChI=1S/C17H16N4O5/c1-3-26-17(23)13-9(2)19-11-8-18-20-16(22)15(11)14(13)10-6-4-5-7-12(10)21(24)25/h4-8,14,19H,3H2,1-2H3,(H,20,22). The van der Waals surface area contributed by atoms with Crippen LogP contribution in [0.3, 0.4) is 0 Å². The van der Waals surface area contributed by atoms with Gasteiger partial charge in [-0.25, -0.2) is 9.89 Å². The van der Waals surface area contributed by atoms with Crippen molar-refractivity contribution in [1.82, 2.24) is 10.2 Å². The van der Waals surface area contributed by atoms with Crippen molar-refractivity contribution in [3.63, 3.8) is 0 Å². The van der Waals surface area contributed by atoms with E-state index in [9.17, 15) is 19.7 Å². The zero-order valence-electron chi connectivity index (χ0n) is 14.1. The zero-order valence-corrected chi connectivity index (χ0v) is 14.1. The highest BCUT2D eigenvalue weighted by Gasteiger charge is 2.38. The minimum Gasteiger partial charge on any atom is -0.463 e. The summed E-state index contributed by atoms with van der Waals surface area (Å²) in [5.41, 5.74) is 0.699. The molecule has 1 aromatic heterocycles. The Morgan fingerprint density at radius 3 is 2.81 bits per heavy atom. The van der Waals surface area contributed by atoms with Gasteiger partial charge in [-0.2, -0.15) is 5.10 Å². The van der Waals surface area contributed by atoms with Crippen molar-refractivity contribution in [2.45, 2.75) is 19.8 Å². The third-order valence-corrected chi connectivity index (χ3v) is 4.14. The summed E-state index contributed by atoms with van der Waals surface area (Å²) in [6.45, 7) is 3.45. The molecule has 9 heteroatoms. The normalized spacial score (nSPS) is 15.8. The van der Waals surface area contributed by atoms with E-state index in [1.165, 1.54) is 24.4 Å². The highest BCUT2D eigenvalue weighted by atomic mass is 16.6. The van der Waals surface area contributed by atoms with Crippen molar-refractivity contribution in [1.29, 1.82) is 0 Å². The number of aromatic amines is 1. The van der Waals surface area contributed by atoms with Crippen LogP contribution in [0.15, 0.2) is 46.5 Å². The van der Waals surface area contributed by atoms with E-state index in [0.717, 1.165) is 0 Å². The molecule has 0 saturated heterocycles. The van der Waals surface area contributed by atoms with E-state index in [0.29, 0.717) is 11.4 Å². The quantitative estimate of drug-likeness (QED) is 0.487. The SMILES string of the molecule is CCOC(=O)C1=C(C)Nc2cn[nH]c(=O)c2C1c1ccccc1[N+](=O)[O-]. The summed E-state index contributed by atoms with van der Waals surface area (Å²) in [5, 5.41) is 20.5. The number of anilines is 1. The lowest BCUT2D eigenvalue weighted by molar-refractivity contribution is -0.385. The van der Waals surface area contributed by atoms with Crippen LogP contribution >= 0.6 is 0 Å². The lowest BCUT2D eigenvalue weighted by Crippen LogP contribution is -2.30. The molecular weight excluding hydrogens is 340 g/mol. The number of H-pyrrole nitrogens is 1. The number of nitrogens with zero attached hydrogens (tertiary/aromatic N) is 2. The summed E-state index contributed by atoms with van der Waals surface area (Å²) >= 11 is 0. The molecule has 26 heavy (non-hydrogen) atoms. The molecule has 2 heterocycles. The van der Waals surface area contributed by atoms with Crippen LogP contribution < -0.4 is 10.9 Å². The molecule has 1 unspecified atom stereocenters. The molecule has 1 aromatic carbocycles. The van der Waals surface area contributed by atoms with Gasteiger partial charge in [0.2, 0.25) is 0 Å². The van der Waals surface area contributed by atoms with Crippen molar-refractivity contribution in [3.05, 3.63) is 73.3 Å². The molecule has 1 aliphatic rings. The number of carbonyl (C=O) groups excluding carboxylic acids is 1. The molecule has 0 bridgehead atoms. The summed E-state index contributed by atoms with van der Waals surface area (Å²) in [7, 11) is 0. The average Bonchev–Trinajstić information content (AvgIpc) is 2.60. The Morgan fingerprint density at radius 2 is 2.12 bits per heavy atom. The minimum absolute atomic E-state index is 0.138. The molecule has 2 N–H and O–H groups in total. The Bertz CT molecular complexity index is 979. The van der Waals surface area contributed by atoms with Crippen molar-refractivity contribution >= 4 is 17.3 Å². The van der Waals surface area contributed by atoms with Crippen LogP contribution in [-0.4, -0.2) is 27.7 Å². The van der Waals surface area contributed by atoms with Gasteiger partial charge in [0.15, 0.2) is 0 Å². The van der Waals surface area contributed by atoms with Crippen LogP contribution in [0.4, 0.5) is 11.4 Å². The first kappa shape index (κ1) is 17.3. The zero-order chi connectivity index (χ0) is 18.8. The number of nitro groups is 1. The molecule has 0 radical (unpaired) electrons. The molecule has 1 aliphatic heterocycles. The number of hydrogen-bond acceptors (Lipinski definition) is 7. The van der Waals surface area contributed by atoms with Gasteiger partial charge in [0.1, 0.15) is 0 Å². The molecule has 2 aromatic rings. The number of nitro benzene ring substituents is 1. The van der Waals surface area contributed by atoms with Gasteiger partial charge in [-0.15, -0.1) is 0 Å². The molecule has 3 rings (SSSR count). The molecule has 134 valence electrons. The number of ether oxygens (including phenoxy) is 1. The van der Waals surface area contributed by atoms with Crippen molar-refractivity contribution < 1.29 is 14.5 Å². The molecule has 0 spiro atoms. The number of esters is 1. The Kier molecular flexibility index (Phi) is 4.53. The van der Waals surface area contributed by atoms with Crippen LogP contribution in [0, 0.1) is 10.1 Å². The monoisotopic (exact) mass is 356 g/mol. The van der Waals surface area contributed by atoms with Gasteiger partial charge in [0.05, 0.1) is 40.5 Å². The number of fused-ring (bicyclic) bond motifs is 1. The molecule has 0 amide bonds. The number of benzene rings is 1. The van der Waals surface area contributed by atoms with Crippen molar-refractivity contribution in [2.24, 2.45) is 0 Å². The number of rotatable bonds is 4. The molecule has 0 saturated carbocycles. The van der Waals surface area contributed by atoms with E-state index >= 15 is 0 Å². The summed E-state index contributed by atoms with van der Waals surface area (Å²) in [5.74, 6) is -1.58. The fraction of sp³-hybridized carbons (Fsp3) is 0.235. The summed E-state index contributed by atoms with van der Waals surface area (Å²) in [4.78, 5) is 36.0. The van der Waals surface area contributed by atoms with Crippen LogP contribution in [-0.2, 0) is 9.53 Å². The lowest BCUT2D eigenvalue weighted by Gasteiger charge is -2.28. The molecular formula is C17H16N4O5. The summed E-state index contributed by atoms with van der Waals surface area (Å²) < 4.78 is 5.12. The fourth-order valence-electron chi connectivity index (χ4n) is 3.11. The molecule has 9 nitrogen and oxygen atoms in total. The predicted molar refractivity (Wildman–Crippen MR) is 92.8 cm³/mol. The minimum atomic E-state index is -0.946. The first-order chi connectivity index (χ1) is 12.5. The number of aromatic nitrogens is 2. The van der Waals surface area contributed by atoms with Gasteiger partial charge < -0.3 is 10.1 Å². The van der Waals surface area contributed by atoms with Crippen LogP contribution in [0.1, 0.15) is 30.9 Å². The summed E-state index contributed by atoms with van der Waals surface area (Å²) in [6, 6.07) is 6.02. The third-order valence-electron chi connectivity index (χ3n) is 4.14. The lowest BCUT2D eigenvalue weighted by atomic mass is 9.81. The van der Waals surface area contributed by atoms with E-state index in [1.807, 2.05) is 0 Å². The number of para-hydroxylation sites is 1. The van der Waals surface area contributed by atoms with Crippen LogP contribution in [0.25, 0.3) is 0 Å². The van der Waals surface area contributed by atoms with E-state index in [1.54, 1.807) is 19.9 Å². The Hall–Kier alpha value is -3.49. The van der Waals surface area contributed by atoms with Crippen LogP contribution in [0.5, 0.6) is 0 Å². The maximum Gasteiger partial charge on any atom is 0.336 e. The molecule has 0 fully saturated rings. The fourth-order valence-corrected chi connectivity index (χ4v) is 3.11. The Morgan fingerprint density at radius 1 is 1.38 bits per heavy atom. The number of allylic oxidation sites excluding steroid dienone is 1. The van der Waals surface area contributed by atoms with Gasteiger partial charge in [-0.1, -0.05) is 18.2 Å². The maximum atomic E-state index is 12.6. The third kappa shape index (κ3) is 2.83. The van der Waals surface area contributed by atoms with Gasteiger partial charge in [0, 0.05) is 17.3 Å². The highest BCUT2D eigenvalue weighted by Crippen LogP contribution is 2.42. The smallest absolute Gasteiger partial charge is 0.336 e. The van der Waals surface area contributed by atoms with Crippen molar-refractivity contribution in [3.8, 4) is 0 Å². The first-order valence-electron chi connectivity index (χ1n) is 7.91. The maximum absolute atomic E-state index is 12.6. The first-order valence-corrected chi connectivity index (χ1v) is 7.91. The second-order valence-corrected chi connectivity index (χ2v) is 5.66. The average molecular weight is 356 g/mol. The van der Waals surface area contributed by atoms with Gasteiger partial charge in [-0.05, 0) is 13.8 Å². The highest BCUT2D eigenvalue weighted by molar-refractivity contribution is 5.95. The second kappa shape index (κ2) is 6.79. The topological polar surface area (TPSA) is 127 Å². The van der Waals surface area contributed by atoms with E-state index < -0.39 is 22.4 Å². The van der Waals surface area contributed by atoms with E-state index in [4.69, 9.17) is 4.74 Å². The number of hydrogen-bond donors (Lipinski definition) is 2. The van der Waals surface area contributed by atoms with Gasteiger partial charge in [0.25, 0.3) is 11.2 Å². The van der Waals surface area contributed by atoms with Crippen LogP contribution in [0.2, 0.25) is 0 Å². The Labute approximate surface area is 147 Å². The number of carbonyl (C=O) groups is 1. The number of nitrogens with one attached hydrogen (secondary N) is 2. The van der Waals surface area contributed by atoms with E-state index in [-0.39, 0.29) is 29.0 Å². The largest absolute Gasteiger partial charge is 0.463 e. The summed E-state index contributed by atoms with van der Waals surface area (Å²) in [6.07, 6.45) is 1.41. The molecule has 1 atom stereocenters.